The van der Waals surface area contributed by atoms with Gasteiger partial charge in [0.2, 0.25) is 5.91 Å². The Morgan fingerprint density at radius 2 is 1.78 bits per heavy atom. The van der Waals surface area contributed by atoms with Crippen molar-refractivity contribution >= 4 is 29.6 Å². The highest BCUT2D eigenvalue weighted by Crippen LogP contribution is 2.18. The number of carboxylic acid groups (broad SMARTS) is 1. The number of ketones is 1. The number of nitrogens with one attached hydrogen (secondary N) is 1. The molecule has 2 amide bonds. The third-order valence-electron chi connectivity index (χ3n) is 4.09. The average Bonchev–Trinajstić information content (AvgIpc) is 3.03. The summed E-state index contributed by atoms with van der Waals surface area (Å²) in [7, 11) is 0. The molecule has 136 valence electrons. The maximum Gasteiger partial charge on any atom is 0.303 e. The Bertz CT molecular complexity index is 1040. The first-order valence-electron chi connectivity index (χ1n) is 8.29. The Labute approximate surface area is 154 Å². The highest BCUT2D eigenvalue weighted by molar-refractivity contribution is 6.06. The van der Waals surface area contributed by atoms with E-state index < -0.39 is 17.9 Å². The fourth-order valence-corrected chi connectivity index (χ4v) is 2.78. The fourth-order valence-electron chi connectivity index (χ4n) is 2.78. The molecule has 0 spiro atoms. The number of fused-ring (bicyclic) bond motifs is 1. The van der Waals surface area contributed by atoms with Gasteiger partial charge >= 0.3 is 5.97 Å². The first-order valence-corrected chi connectivity index (χ1v) is 8.29. The Morgan fingerprint density at radius 3 is 2.48 bits per heavy atom. The van der Waals surface area contributed by atoms with Crippen molar-refractivity contribution in [2.24, 2.45) is 4.99 Å². The monoisotopic (exact) mass is 364 g/mol. The van der Waals surface area contributed by atoms with Gasteiger partial charge < -0.3 is 10.4 Å². The van der Waals surface area contributed by atoms with E-state index in [1.54, 1.807) is 48.5 Å². The highest BCUT2D eigenvalue weighted by atomic mass is 16.4. The maximum atomic E-state index is 13.0. The van der Waals surface area contributed by atoms with Crippen LogP contribution in [0, 0.1) is 0 Å². The third kappa shape index (κ3) is 4.33. The van der Waals surface area contributed by atoms with E-state index in [4.69, 9.17) is 5.11 Å². The SMILES string of the molecule is O=C(O)CCC(=O)NC(C(=O)c1ccccc1)c1ccc2c(c1)=CC(=O)N=2. The first-order chi connectivity index (χ1) is 12.9. The molecule has 27 heavy (non-hydrogen) atoms. The van der Waals surface area contributed by atoms with Gasteiger partial charge in [0, 0.05) is 23.3 Å². The molecule has 0 aromatic heterocycles. The van der Waals surface area contributed by atoms with Crippen LogP contribution in [0.4, 0.5) is 0 Å². The van der Waals surface area contributed by atoms with Crippen molar-refractivity contribution in [2.75, 3.05) is 0 Å². The standard InChI is InChI=1S/C20H16N2O5/c23-16(8-9-18(25)26)22-19(20(27)12-4-2-1-3-5-12)13-6-7-15-14(10-13)11-17(24)21-15/h1-7,10-11,19H,8-9H2,(H,22,23)(H,25,26). The molecule has 1 aliphatic heterocycles. The number of carbonyl (C=O) groups is 4. The summed E-state index contributed by atoms with van der Waals surface area (Å²) < 4.78 is 0. The minimum Gasteiger partial charge on any atom is -0.481 e. The zero-order chi connectivity index (χ0) is 19.4. The Morgan fingerprint density at radius 1 is 1.04 bits per heavy atom. The predicted octanol–water partition coefficient (Wildman–Crippen LogP) is 0.532. The van der Waals surface area contributed by atoms with Crippen LogP contribution in [-0.2, 0) is 14.4 Å². The molecular weight excluding hydrogens is 348 g/mol. The summed E-state index contributed by atoms with van der Waals surface area (Å²) >= 11 is 0. The normalized spacial score (nSPS) is 13.1. The van der Waals surface area contributed by atoms with Gasteiger partial charge in [-0.2, -0.15) is 0 Å². The van der Waals surface area contributed by atoms with Crippen molar-refractivity contribution in [1.29, 1.82) is 0 Å². The average molecular weight is 364 g/mol. The zero-order valence-corrected chi connectivity index (χ0v) is 14.2. The van der Waals surface area contributed by atoms with E-state index in [0.717, 1.165) is 0 Å². The largest absolute Gasteiger partial charge is 0.481 e. The number of amides is 2. The van der Waals surface area contributed by atoms with Gasteiger partial charge in [-0.1, -0.05) is 36.4 Å². The van der Waals surface area contributed by atoms with Crippen molar-refractivity contribution in [2.45, 2.75) is 18.9 Å². The molecule has 2 aromatic carbocycles. The molecule has 7 nitrogen and oxygen atoms in total. The molecular formula is C20H16N2O5. The lowest BCUT2D eigenvalue weighted by molar-refractivity contribution is -0.138. The van der Waals surface area contributed by atoms with Crippen LogP contribution in [0.25, 0.3) is 6.08 Å². The van der Waals surface area contributed by atoms with Crippen LogP contribution in [-0.4, -0.2) is 28.7 Å². The number of hydrogen-bond acceptors (Lipinski definition) is 4. The quantitative estimate of drug-likeness (QED) is 0.696. The van der Waals surface area contributed by atoms with Gasteiger partial charge in [0.1, 0.15) is 6.04 Å². The summed E-state index contributed by atoms with van der Waals surface area (Å²) in [6.45, 7) is 0. The minimum atomic E-state index is -1.09. The molecule has 2 aromatic rings. The van der Waals surface area contributed by atoms with Gasteiger partial charge in [-0.3, -0.25) is 19.2 Å². The molecule has 1 atom stereocenters. The lowest BCUT2D eigenvalue weighted by Gasteiger charge is -2.18. The molecule has 3 rings (SSSR count). The van der Waals surface area contributed by atoms with Crippen molar-refractivity contribution < 1.29 is 24.3 Å². The predicted molar refractivity (Wildman–Crippen MR) is 95.2 cm³/mol. The maximum absolute atomic E-state index is 13.0. The van der Waals surface area contributed by atoms with Gasteiger partial charge in [-0.05, 0) is 17.7 Å². The van der Waals surface area contributed by atoms with E-state index in [1.807, 2.05) is 0 Å². The van der Waals surface area contributed by atoms with Crippen molar-refractivity contribution in [1.82, 2.24) is 5.32 Å². The second-order valence-electron chi connectivity index (χ2n) is 6.04. The molecule has 1 unspecified atom stereocenters. The summed E-state index contributed by atoms with van der Waals surface area (Å²) in [6, 6.07) is 12.3. The number of benzene rings is 2. The zero-order valence-electron chi connectivity index (χ0n) is 14.2. The van der Waals surface area contributed by atoms with E-state index >= 15 is 0 Å². The second-order valence-corrected chi connectivity index (χ2v) is 6.04. The smallest absolute Gasteiger partial charge is 0.303 e. The van der Waals surface area contributed by atoms with E-state index in [2.05, 4.69) is 10.3 Å². The van der Waals surface area contributed by atoms with E-state index in [9.17, 15) is 19.2 Å². The molecule has 1 aliphatic rings. The van der Waals surface area contributed by atoms with E-state index in [0.29, 0.717) is 21.7 Å². The van der Waals surface area contributed by atoms with Crippen molar-refractivity contribution in [3.05, 3.63) is 70.2 Å². The minimum absolute atomic E-state index is 0.237. The summed E-state index contributed by atoms with van der Waals surface area (Å²) in [5.41, 5.74) is 0.902. The fraction of sp³-hybridized carbons (Fsp3) is 0.150. The topological polar surface area (TPSA) is 113 Å². The van der Waals surface area contributed by atoms with Gasteiger partial charge in [0.15, 0.2) is 5.78 Å². The van der Waals surface area contributed by atoms with Crippen LogP contribution in [0.3, 0.4) is 0 Å². The van der Waals surface area contributed by atoms with Crippen LogP contribution in [0.5, 0.6) is 0 Å². The summed E-state index contributed by atoms with van der Waals surface area (Å²) in [5, 5.41) is 12.4. The van der Waals surface area contributed by atoms with Crippen LogP contribution >= 0.6 is 0 Å². The molecule has 0 fully saturated rings. The van der Waals surface area contributed by atoms with Gasteiger partial charge in [0.05, 0.1) is 11.8 Å². The number of carboxylic acids is 1. The van der Waals surface area contributed by atoms with Gasteiger partial charge in [-0.25, -0.2) is 4.99 Å². The lowest BCUT2D eigenvalue weighted by Crippen LogP contribution is -2.35. The van der Waals surface area contributed by atoms with Crippen molar-refractivity contribution in [3.8, 4) is 0 Å². The molecule has 0 radical (unpaired) electrons. The second kappa shape index (κ2) is 7.74. The highest BCUT2D eigenvalue weighted by Gasteiger charge is 2.24. The van der Waals surface area contributed by atoms with Crippen LogP contribution in [0.2, 0.25) is 0 Å². The van der Waals surface area contributed by atoms with Gasteiger partial charge in [0.25, 0.3) is 5.91 Å². The Hall–Kier alpha value is -3.61. The number of aliphatic carboxylic acids is 1. The molecule has 0 saturated carbocycles. The first kappa shape index (κ1) is 18.2. The summed E-state index contributed by atoms with van der Waals surface area (Å²) in [5.74, 6) is -2.35. The van der Waals surface area contributed by atoms with E-state index in [-0.39, 0.29) is 24.5 Å². The lowest BCUT2D eigenvalue weighted by atomic mass is 9.96. The molecule has 0 bridgehead atoms. The van der Waals surface area contributed by atoms with Gasteiger partial charge in [-0.15, -0.1) is 0 Å². The number of rotatable bonds is 7. The number of carbonyl (C=O) groups excluding carboxylic acids is 3. The molecule has 1 heterocycles. The molecule has 7 heteroatoms. The number of hydrogen-bond donors (Lipinski definition) is 2. The summed E-state index contributed by atoms with van der Waals surface area (Å²) in [6.07, 6.45) is 0.789. The Kier molecular flexibility index (Phi) is 5.21. The third-order valence-corrected chi connectivity index (χ3v) is 4.09. The van der Waals surface area contributed by atoms with Crippen LogP contribution in [0.15, 0.2) is 53.5 Å². The van der Waals surface area contributed by atoms with Crippen LogP contribution < -0.4 is 15.9 Å². The number of Topliss-reactive ketones (excluding diaryl/α,β-unsaturated/α-hetero) is 1. The van der Waals surface area contributed by atoms with E-state index in [1.165, 1.54) is 6.08 Å². The Balaban J connectivity index is 1.94. The number of nitrogens with zero attached hydrogens (tertiary/aromatic N) is 1. The molecule has 0 saturated heterocycles. The summed E-state index contributed by atoms with van der Waals surface area (Å²) in [4.78, 5) is 51.1. The molecule has 2 N–H and O–H groups in total. The van der Waals surface area contributed by atoms with Crippen molar-refractivity contribution in [3.63, 3.8) is 0 Å². The van der Waals surface area contributed by atoms with Crippen LogP contribution in [0.1, 0.15) is 34.8 Å². The molecule has 0 aliphatic carbocycles.